The summed E-state index contributed by atoms with van der Waals surface area (Å²) < 4.78 is 0. The van der Waals surface area contributed by atoms with E-state index in [2.05, 4.69) is 59.8 Å². The van der Waals surface area contributed by atoms with E-state index in [4.69, 9.17) is 5.73 Å². The number of rotatable bonds is 0. The van der Waals surface area contributed by atoms with Gasteiger partial charge in [0.25, 0.3) is 0 Å². The van der Waals surface area contributed by atoms with Crippen molar-refractivity contribution in [2.45, 2.75) is 59.8 Å². The highest BCUT2D eigenvalue weighted by atomic mass is 14.6. The van der Waals surface area contributed by atoms with Crippen molar-refractivity contribution in [3.63, 3.8) is 0 Å². The van der Waals surface area contributed by atoms with Crippen LogP contribution in [0.25, 0.3) is 11.6 Å². The second-order valence-electron chi connectivity index (χ2n) is 8.38. The van der Waals surface area contributed by atoms with Gasteiger partial charge >= 0.3 is 0 Å². The molecule has 3 rings (SSSR count). The average Bonchev–Trinajstić information content (AvgIpc) is 2.61. The SMILES string of the molecule is CC1=Cc2cc(C(C)(C)C)cc3c2C[C@@H](C)[C@@H]1C/C3=C(/C)N. The molecule has 0 unspecified atom stereocenters. The van der Waals surface area contributed by atoms with Crippen molar-refractivity contribution in [1.29, 1.82) is 0 Å². The molecule has 1 aromatic carbocycles. The predicted octanol–water partition coefficient (Wildman–Crippen LogP) is 5.29. The fourth-order valence-corrected chi connectivity index (χ4v) is 4.08. The summed E-state index contributed by atoms with van der Waals surface area (Å²) in [6, 6.07) is 4.82. The highest BCUT2D eigenvalue weighted by Crippen LogP contribution is 2.45. The molecule has 0 aromatic heterocycles. The molecule has 2 N–H and O–H groups in total. The van der Waals surface area contributed by atoms with Crippen molar-refractivity contribution >= 4 is 11.6 Å². The molecule has 0 spiro atoms. The highest BCUT2D eigenvalue weighted by Gasteiger charge is 2.32. The zero-order valence-electron chi connectivity index (χ0n) is 14.9. The Labute approximate surface area is 135 Å². The van der Waals surface area contributed by atoms with Gasteiger partial charge in [-0.1, -0.05) is 51.5 Å². The third kappa shape index (κ3) is 2.41. The standard InChI is InChI=1S/C21H29N/c1-12-7-15-9-16(21(4,5)6)10-20-18(14(3)22)11-17(12)13(2)8-19(15)20/h7,9-10,13,17H,8,11,22H2,1-6H3/b18-14+/t13-,17-/m1/s1. The van der Waals surface area contributed by atoms with Gasteiger partial charge in [0.1, 0.15) is 0 Å². The third-order valence-corrected chi connectivity index (χ3v) is 5.56. The summed E-state index contributed by atoms with van der Waals surface area (Å²) in [6.45, 7) is 13.6. The van der Waals surface area contributed by atoms with Gasteiger partial charge in [-0.05, 0) is 71.8 Å². The third-order valence-electron chi connectivity index (χ3n) is 5.56. The quantitative estimate of drug-likeness (QED) is 0.691. The van der Waals surface area contributed by atoms with E-state index in [1.54, 1.807) is 0 Å². The van der Waals surface area contributed by atoms with Crippen LogP contribution in [0.15, 0.2) is 23.4 Å². The molecule has 0 amide bonds. The van der Waals surface area contributed by atoms with Gasteiger partial charge in [0.15, 0.2) is 0 Å². The summed E-state index contributed by atoms with van der Waals surface area (Å²) in [7, 11) is 0. The Hall–Kier alpha value is -1.50. The summed E-state index contributed by atoms with van der Waals surface area (Å²) in [5, 5.41) is 0. The first kappa shape index (κ1) is 15.4. The van der Waals surface area contributed by atoms with Gasteiger partial charge in [-0.25, -0.2) is 0 Å². The van der Waals surface area contributed by atoms with Crippen molar-refractivity contribution < 1.29 is 0 Å². The van der Waals surface area contributed by atoms with E-state index in [1.807, 2.05) is 0 Å². The Morgan fingerprint density at radius 3 is 2.45 bits per heavy atom. The summed E-state index contributed by atoms with van der Waals surface area (Å²) in [6.07, 6.45) is 4.70. The molecule has 0 radical (unpaired) electrons. The molecule has 0 heterocycles. The Morgan fingerprint density at radius 2 is 1.86 bits per heavy atom. The maximum atomic E-state index is 6.30. The first-order valence-electron chi connectivity index (χ1n) is 8.49. The van der Waals surface area contributed by atoms with Gasteiger partial charge in [0, 0.05) is 5.70 Å². The Morgan fingerprint density at radius 1 is 1.18 bits per heavy atom. The minimum atomic E-state index is 0.162. The normalized spacial score (nSPS) is 26.4. The Bertz CT molecular complexity index is 679. The zero-order valence-corrected chi connectivity index (χ0v) is 14.9. The van der Waals surface area contributed by atoms with Crippen molar-refractivity contribution in [1.82, 2.24) is 0 Å². The number of fused-ring (bicyclic) bond motifs is 2. The molecule has 1 heteroatoms. The van der Waals surface area contributed by atoms with Crippen LogP contribution in [0.3, 0.4) is 0 Å². The van der Waals surface area contributed by atoms with Crippen LogP contribution in [0.5, 0.6) is 0 Å². The molecular weight excluding hydrogens is 266 g/mol. The molecule has 2 bridgehead atoms. The number of allylic oxidation sites excluding steroid dienone is 3. The van der Waals surface area contributed by atoms with E-state index in [0.717, 1.165) is 12.1 Å². The topological polar surface area (TPSA) is 26.0 Å². The zero-order chi connectivity index (χ0) is 16.2. The monoisotopic (exact) mass is 295 g/mol. The minimum Gasteiger partial charge on any atom is -0.402 e. The van der Waals surface area contributed by atoms with Gasteiger partial charge < -0.3 is 5.73 Å². The lowest BCUT2D eigenvalue weighted by molar-refractivity contribution is 0.425. The lowest BCUT2D eigenvalue weighted by Gasteiger charge is -2.26. The van der Waals surface area contributed by atoms with E-state index in [9.17, 15) is 0 Å². The van der Waals surface area contributed by atoms with Gasteiger partial charge in [0.05, 0.1) is 0 Å². The molecule has 0 saturated carbocycles. The second kappa shape index (κ2) is 5.01. The van der Waals surface area contributed by atoms with Crippen LogP contribution in [0.1, 0.15) is 70.2 Å². The van der Waals surface area contributed by atoms with Crippen LogP contribution >= 0.6 is 0 Å². The first-order valence-corrected chi connectivity index (χ1v) is 8.49. The molecule has 0 fully saturated rings. The van der Waals surface area contributed by atoms with E-state index in [0.29, 0.717) is 11.8 Å². The molecule has 2 aliphatic carbocycles. The van der Waals surface area contributed by atoms with Crippen LogP contribution in [0, 0.1) is 11.8 Å². The van der Waals surface area contributed by atoms with Gasteiger partial charge in [-0.2, -0.15) is 0 Å². The summed E-state index contributed by atoms with van der Waals surface area (Å²) in [5.74, 6) is 1.31. The van der Waals surface area contributed by atoms with Crippen molar-refractivity contribution in [2.24, 2.45) is 17.6 Å². The number of benzene rings is 1. The predicted molar refractivity (Wildman–Crippen MR) is 96.5 cm³/mol. The average molecular weight is 295 g/mol. The fraction of sp³-hybridized carbons (Fsp3) is 0.524. The van der Waals surface area contributed by atoms with E-state index >= 15 is 0 Å². The highest BCUT2D eigenvalue weighted by molar-refractivity contribution is 5.78. The second-order valence-corrected chi connectivity index (χ2v) is 8.38. The molecule has 22 heavy (non-hydrogen) atoms. The van der Waals surface area contributed by atoms with Gasteiger partial charge in [-0.3, -0.25) is 0 Å². The summed E-state index contributed by atoms with van der Waals surface area (Å²) >= 11 is 0. The van der Waals surface area contributed by atoms with Crippen molar-refractivity contribution in [3.05, 3.63) is 45.7 Å². The molecule has 2 atom stereocenters. The molecule has 0 aliphatic heterocycles. The van der Waals surface area contributed by atoms with E-state index in [-0.39, 0.29) is 5.41 Å². The van der Waals surface area contributed by atoms with Crippen LogP contribution in [0.2, 0.25) is 0 Å². The minimum absolute atomic E-state index is 0.162. The lowest BCUT2D eigenvalue weighted by Crippen LogP contribution is -2.14. The van der Waals surface area contributed by atoms with Crippen LogP contribution in [-0.4, -0.2) is 0 Å². The van der Waals surface area contributed by atoms with E-state index < -0.39 is 0 Å². The Balaban J connectivity index is 2.37. The number of nitrogens with two attached hydrogens (primary N) is 1. The molecule has 2 aliphatic rings. The summed E-state index contributed by atoms with van der Waals surface area (Å²) in [4.78, 5) is 0. The van der Waals surface area contributed by atoms with Crippen LogP contribution in [-0.2, 0) is 11.8 Å². The van der Waals surface area contributed by atoms with Gasteiger partial charge in [-0.15, -0.1) is 0 Å². The first-order chi connectivity index (χ1) is 10.2. The van der Waals surface area contributed by atoms with Crippen LogP contribution in [0.4, 0.5) is 0 Å². The molecule has 118 valence electrons. The van der Waals surface area contributed by atoms with Gasteiger partial charge in [0.2, 0.25) is 0 Å². The number of hydrogen-bond acceptors (Lipinski definition) is 1. The molecular formula is C21H29N. The molecule has 1 aromatic rings. The molecule has 0 saturated heterocycles. The smallest absolute Gasteiger partial charge is 0.00877 e. The number of hydrogen-bond donors (Lipinski definition) is 1. The largest absolute Gasteiger partial charge is 0.402 e. The van der Waals surface area contributed by atoms with Crippen molar-refractivity contribution in [3.8, 4) is 0 Å². The maximum Gasteiger partial charge on any atom is 0.00877 e. The lowest BCUT2D eigenvalue weighted by atomic mass is 9.79. The molecule has 1 nitrogen and oxygen atoms in total. The maximum absolute atomic E-state index is 6.30. The Kier molecular flexibility index (Phi) is 3.51. The van der Waals surface area contributed by atoms with Crippen LogP contribution < -0.4 is 5.73 Å². The van der Waals surface area contributed by atoms with Crippen molar-refractivity contribution in [2.75, 3.05) is 0 Å². The summed E-state index contributed by atoms with van der Waals surface area (Å²) in [5.41, 5.74) is 16.1. The fourth-order valence-electron chi connectivity index (χ4n) is 4.08. The van der Waals surface area contributed by atoms with E-state index in [1.165, 1.54) is 39.8 Å².